The van der Waals surface area contributed by atoms with E-state index in [0.29, 0.717) is 23.9 Å². The van der Waals surface area contributed by atoms with Gasteiger partial charge in [0.2, 0.25) is 5.91 Å². The molecule has 1 heterocycles. The van der Waals surface area contributed by atoms with E-state index in [-0.39, 0.29) is 12.5 Å². The summed E-state index contributed by atoms with van der Waals surface area (Å²) in [7, 11) is 1.67. The molecule has 1 aromatic carbocycles. The van der Waals surface area contributed by atoms with Crippen LogP contribution in [-0.2, 0) is 9.53 Å². The van der Waals surface area contributed by atoms with Crippen LogP contribution in [0.1, 0.15) is 12.8 Å². The van der Waals surface area contributed by atoms with E-state index in [1.165, 1.54) is 9.80 Å². The summed E-state index contributed by atoms with van der Waals surface area (Å²) in [5, 5.41) is 0. The molecule has 1 atom stereocenters. The summed E-state index contributed by atoms with van der Waals surface area (Å²) in [6.45, 7) is 0.570. The van der Waals surface area contributed by atoms with Crippen molar-refractivity contribution in [3.63, 3.8) is 0 Å². The minimum atomic E-state index is -0.754. The van der Waals surface area contributed by atoms with E-state index in [1.807, 2.05) is 12.1 Å². The monoisotopic (exact) mass is 289 g/mol. The van der Waals surface area contributed by atoms with Gasteiger partial charge in [-0.2, -0.15) is 0 Å². The Bertz CT molecular complexity index is 571. The van der Waals surface area contributed by atoms with Crippen LogP contribution in [0.5, 0.6) is 0 Å². The molecular weight excluding hydrogens is 270 g/mol. The van der Waals surface area contributed by atoms with Gasteiger partial charge in [-0.1, -0.05) is 12.1 Å². The maximum Gasteiger partial charge on any atom is 0.414 e. The van der Waals surface area contributed by atoms with Crippen LogP contribution in [0.25, 0.3) is 0 Å². The number of hydrogen-bond donors (Lipinski definition) is 1. The number of amides is 2. The van der Waals surface area contributed by atoms with Crippen LogP contribution in [0.2, 0.25) is 0 Å². The molecule has 21 heavy (non-hydrogen) atoms. The van der Waals surface area contributed by atoms with E-state index in [1.54, 1.807) is 19.2 Å². The predicted octanol–water partition coefficient (Wildman–Crippen LogP) is 1.34. The van der Waals surface area contributed by atoms with Gasteiger partial charge in [-0.05, 0) is 30.9 Å². The third-order valence-corrected chi connectivity index (χ3v) is 3.92. The summed E-state index contributed by atoms with van der Waals surface area (Å²) in [4.78, 5) is 27.5. The van der Waals surface area contributed by atoms with Gasteiger partial charge in [0.25, 0.3) is 0 Å². The molecule has 6 heteroatoms. The number of fused-ring (bicyclic) bond motifs is 1. The van der Waals surface area contributed by atoms with Crippen LogP contribution in [0.15, 0.2) is 24.3 Å². The molecule has 0 spiro atoms. The average molecular weight is 289 g/mol. The number of rotatable bonds is 2. The van der Waals surface area contributed by atoms with Gasteiger partial charge in [0, 0.05) is 7.05 Å². The third kappa shape index (κ3) is 2.71. The van der Waals surface area contributed by atoms with E-state index < -0.39 is 12.1 Å². The Kier molecular flexibility index (Phi) is 3.55. The van der Waals surface area contributed by atoms with Crippen molar-refractivity contribution in [1.82, 2.24) is 0 Å². The SMILES string of the molecule is CN1C(=O)C(N)CN(C(=O)OCC2CC2)c2ccccc21. The molecule has 1 fully saturated rings. The highest BCUT2D eigenvalue weighted by molar-refractivity contribution is 6.05. The van der Waals surface area contributed by atoms with Gasteiger partial charge in [0.15, 0.2) is 0 Å². The van der Waals surface area contributed by atoms with Crippen molar-refractivity contribution in [2.45, 2.75) is 18.9 Å². The molecule has 1 aliphatic carbocycles. The van der Waals surface area contributed by atoms with Crippen molar-refractivity contribution in [2.75, 3.05) is 30.0 Å². The number of likely N-dealkylation sites (N-methyl/N-ethyl adjacent to an activating group) is 1. The normalized spacial score (nSPS) is 21.8. The van der Waals surface area contributed by atoms with Crippen molar-refractivity contribution in [3.05, 3.63) is 24.3 Å². The fourth-order valence-corrected chi connectivity index (χ4v) is 2.44. The lowest BCUT2D eigenvalue weighted by atomic mass is 10.2. The number of carbonyl (C=O) groups excluding carboxylic acids is 2. The van der Waals surface area contributed by atoms with Crippen LogP contribution < -0.4 is 15.5 Å². The third-order valence-electron chi connectivity index (χ3n) is 3.92. The van der Waals surface area contributed by atoms with Gasteiger partial charge >= 0.3 is 6.09 Å². The quantitative estimate of drug-likeness (QED) is 0.891. The number of para-hydroxylation sites is 2. The summed E-state index contributed by atoms with van der Waals surface area (Å²) in [5.74, 6) is 0.286. The van der Waals surface area contributed by atoms with Crippen molar-refractivity contribution < 1.29 is 14.3 Å². The Morgan fingerprint density at radius 2 is 2.00 bits per heavy atom. The lowest BCUT2D eigenvalue weighted by Gasteiger charge is -2.23. The highest BCUT2D eigenvalue weighted by Crippen LogP contribution is 2.33. The van der Waals surface area contributed by atoms with E-state index in [2.05, 4.69) is 0 Å². The molecule has 2 amide bonds. The highest BCUT2D eigenvalue weighted by Gasteiger charge is 2.33. The number of nitrogens with two attached hydrogens (primary N) is 1. The molecule has 1 aliphatic heterocycles. The number of nitrogens with zero attached hydrogens (tertiary/aromatic N) is 2. The zero-order chi connectivity index (χ0) is 15.0. The smallest absolute Gasteiger partial charge is 0.414 e. The number of ether oxygens (including phenoxy) is 1. The van der Waals surface area contributed by atoms with Crippen molar-refractivity contribution in [3.8, 4) is 0 Å². The van der Waals surface area contributed by atoms with Crippen LogP contribution in [0, 0.1) is 5.92 Å². The Morgan fingerprint density at radius 1 is 1.33 bits per heavy atom. The summed E-state index contributed by atoms with van der Waals surface area (Å²) in [6, 6.07) is 6.50. The summed E-state index contributed by atoms with van der Waals surface area (Å²) >= 11 is 0. The maximum atomic E-state index is 12.3. The van der Waals surface area contributed by atoms with Gasteiger partial charge in [-0.15, -0.1) is 0 Å². The second-order valence-corrected chi connectivity index (χ2v) is 5.62. The molecule has 1 aromatic rings. The molecule has 0 bridgehead atoms. The van der Waals surface area contributed by atoms with Crippen molar-refractivity contribution >= 4 is 23.4 Å². The van der Waals surface area contributed by atoms with E-state index >= 15 is 0 Å². The number of benzene rings is 1. The lowest BCUT2D eigenvalue weighted by molar-refractivity contribution is -0.119. The van der Waals surface area contributed by atoms with Gasteiger partial charge in [0.05, 0.1) is 24.5 Å². The van der Waals surface area contributed by atoms with Crippen molar-refractivity contribution in [2.24, 2.45) is 11.7 Å². The molecule has 2 N–H and O–H groups in total. The molecule has 1 saturated carbocycles. The van der Waals surface area contributed by atoms with E-state index in [4.69, 9.17) is 10.5 Å². The van der Waals surface area contributed by atoms with Crippen LogP contribution in [-0.4, -0.2) is 38.2 Å². The first-order valence-electron chi connectivity index (χ1n) is 7.14. The molecule has 2 aliphatic rings. The number of carbonyl (C=O) groups is 2. The van der Waals surface area contributed by atoms with Gasteiger partial charge in [-0.25, -0.2) is 4.79 Å². The summed E-state index contributed by atoms with van der Waals surface area (Å²) in [6.07, 6.45) is 1.79. The molecule has 6 nitrogen and oxygen atoms in total. The van der Waals surface area contributed by atoms with E-state index in [9.17, 15) is 9.59 Å². The zero-order valence-electron chi connectivity index (χ0n) is 12.0. The number of anilines is 2. The van der Waals surface area contributed by atoms with Crippen LogP contribution in [0.4, 0.5) is 16.2 Å². The Morgan fingerprint density at radius 3 is 2.67 bits per heavy atom. The molecule has 0 aromatic heterocycles. The Hall–Kier alpha value is -2.08. The fourth-order valence-electron chi connectivity index (χ4n) is 2.44. The van der Waals surface area contributed by atoms with Gasteiger partial charge in [0.1, 0.15) is 6.04 Å². The summed E-state index contributed by atoms with van der Waals surface area (Å²) in [5.41, 5.74) is 7.22. The molecule has 0 saturated heterocycles. The second kappa shape index (κ2) is 5.37. The molecule has 1 unspecified atom stereocenters. The average Bonchev–Trinajstić information content (AvgIpc) is 3.32. The zero-order valence-corrected chi connectivity index (χ0v) is 12.0. The maximum absolute atomic E-state index is 12.3. The Balaban J connectivity index is 1.88. The van der Waals surface area contributed by atoms with E-state index in [0.717, 1.165) is 12.8 Å². The van der Waals surface area contributed by atoms with Gasteiger partial charge in [-0.3, -0.25) is 9.69 Å². The number of hydrogen-bond acceptors (Lipinski definition) is 4. The largest absolute Gasteiger partial charge is 0.449 e. The summed E-state index contributed by atoms with van der Waals surface area (Å²) < 4.78 is 5.34. The predicted molar refractivity (Wildman–Crippen MR) is 79.2 cm³/mol. The first kappa shape index (κ1) is 13.9. The first-order valence-corrected chi connectivity index (χ1v) is 7.14. The van der Waals surface area contributed by atoms with Crippen LogP contribution in [0.3, 0.4) is 0 Å². The minimum Gasteiger partial charge on any atom is -0.449 e. The van der Waals surface area contributed by atoms with Gasteiger partial charge < -0.3 is 15.4 Å². The standard InChI is InChI=1S/C15H19N3O3/c1-17-12-4-2-3-5-13(12)18(8-11(16)14(17)19)15(20)21-9-10-6-7-10/h2-5,10-11H,6-9,16H2,1H3. The fraction of sp³-hybridized carbons (Fsp3) is 0.467. The molecule has 0 radical (unpaired) electrons. The highest BCUT2D eigenvalue weighted by atomic mass is 16.6. The molecule has 3 rings (SSSR count). The minimum absolute atomic E-state index is 0.129. The Labute approximate surface area is 123 Å². The molecule has 112 valence electrons. The second-order valence-electron chi connectivity index (χ2n) is 5.62. The lowest BCUT2D eigenvalue weighted by Crippen LogP contribution is -2.47. The topological polar surface area (TPSA) is 75.9 Å². The first-order chi connectivity index (χ1) is 10.1. The molecular formula is C15H19N3O3. The van der Waals surface area contributed by atoms with Crippen molar-refractivity contribution in [1.29, 1.82) is 0 Å². The van der Waals surface area contributed by atoms with Crippen LogP contribution >= 0.6 is 0 Å².